The zero-order valence-electron chi connectivity index (χ0n) is 24.4. The van der Waals surface area contributed by atoms with Crippen molar-refractivity contribution >= 4 is 44.0 Å². The molecule has 0 radical (unpaired) electrons. The Morgan fingerprint density at radius 2 is 1.43 bits per heavy atom. The van der Waals surface area contributed by atoms with Crippen LogP contribution in [0.5, 0.6) is 17.5 Å². The number of nitrogens with zero attached hydrogens (tertiary/aromatic N) is 6. The largest absolute Gasteiger partial charge is 0.507 e. The highest BCUT2D eigenvalue weighted by Crippen LogP contribution is 2.37. The normalized spacial score (nSPS) is 12.1. The fraction of sp³-hybridized carbons (Fsp3) is 0.111. The molecule has 8 aromatic rings. The summed E-state index contributed by atoms with van der Waals surface area (Å²) < 4.78 is 10.5. The molecular weight excluding hydrogens is 548 g/mol. The van der Waals surface area contributed by atoms with E-state index in [0.717, 1.165) is 38.7 Å². The van der Waals surface area contributed by atoms with Crippen molar-refractivity contribution in [1.82, 2.24) is 29.1 Å². The van der Waals surface area contributed by atoms with Gasteiger partial charge in [0.1, 0.15) is 22.7 Å². The van der Waals surface area contributed by atoms with Crippen LogP contribution in [0.2, 0.25) is 0 Å². The molecule has 1 N–H and O–H groups in total. The number of aromatic hydroxyl groups is 1. The molecule has 2 aromatic carbocycles. The highest BCUT2D eigenvalue weighted by molar-refractivity contribution is 6.09. The predicted molar refractivity (Wildman–Crippen MR) is 173 cm³/mol. The molecule has 0 unspecified atom stereocenters. The number of benzene rings is 2. The van der Waals surface area contributed by atoms with Crippen molar-refractivity contribution in [2.45, 2.75) is 26.2 Å². The monoisotopic (exact) mass is 576 g/mol. The summed E-state index contributed by atoms with van der Waals surface area (Å²) in [6, 6.07) is 31.6. The highest BCUT2D eigenvalue weighted by atomic mass is 16.5. The first-order valence-electron chi connectivity index (χ1n) is 14.5. The van der Waals surface area contributed by atoms with E-state index in [-0.39, 0.29) is 11.2 Å². The first-order valence-corrected chi connectivity index (χ1v) is 14.5. The molecule has 8 heteroatoms. The van der Waals surface area contributed by atoms with Gasteiger partial charge in [0, 0.05) is 41.0 Å². The number of fused-ring (bicyclic) bond motifs is 6. The van der Waals surface area contributed by atoms with E-state index < -0.39 is 0 Å². The van der Waals surface area contributed by atoms with Gasteiger partial charge in [-0.25, -0.2) is 15.0 Å². The molecule has 6 heterocycles. The minimum Gasteiger partial charge on any atom is -0.507 e. The smallest absolute Gasteiger partial charge is 0.223 e. The van der Waals surface area contributed by atoms with Crippen LogP contribution in [-0.2, 0) is 5.41 Å². The molecule has 0 aliphatic carbocycles. The maximum atomic E-state index is 10.9. The molecule has 6 aromatic heterocycles. The summed E-state index contributed by atoms with van der Waals surface area (Å²) in [5.41, 5.74) is 5.65. The van der Waals surface area contributed by atoms with Crippen LogP contribution >= 0.6 is 0 Å². The SMILES string of the molecule is CC(C)(C)c1cc(Oc2ccc3c(n2)c2c(O)ccnc2n3-c2ccccc2)nc(-n2c3ccccc3c3cccnc32)c1. The number of hydrogen-bond acceptors (Lipinski definition) is 6. The standard InChI is InChI=1S/C36H28N6O2/c1-36(2,3)22-20-29(42-26-14-8-7-12-24(26)25-13-9-18-37-34(25)42)39-31(21-22)44-30-16-15-27-33(40-30)32-28(43)17-19-38-35(32)41(27)23-10-5-4-6-11-23/h4-21H,1-3H3,(H,38,43). The Labute approximate surface area is 252 Å². The lowest BCUT2D eigenvalue weighted by atomic mass is 9.87. The van der Waals surface area contributed by atoms with E-state index >= 15 is 0 Å². The van der Waals surface area contributed by atoms with Gasteiger partial charge in [-0.2, -0.15) is 4.98 Å². The number of rotatable bonds is 4. The van der Waals surface area contributed by atoms with Gasteiger partial charge in [0.2, 0.25) is 11.8 Å². The maximum absolute atomic E-state index is 10.9. The maximum Gasteiger partial charge on any atom is 0.223 e. The van der Waals surface area contributed by atoms with Gasteiger partial charge in [0.05, 0.1) is 16.4 Å². The van der Waals surface area contributed by atoms with Crippen LogP contribution in [0.3, 0.4) is 0 Å². The minimum atomic E-state index is -0.181. The average molecular weight is 577 g/mol. The van der Waals surface area contributed by atoms with Crippen molar-refractivity contribution in [3.63, 3.8) is 0 Å². The molecule has 8 nitrogen and oxygen atoms in total. The second kappa shape index (κ2) is 9.64. The van der Waals surface area contributed by atoms with Crippen molar-refractivity contribution in [1.29, 1.82) is 0 Å². The van der Waals surface area contributed by atoms with Gasteiger partial charge >= 0.3 is 0 Å². The van der Waals surface area contributed by atoms with Crippen LogP contribution in [0.1, 0.15) is 26.3 Å². The second-order valence-corrected chi connectivity index (χ2v) is 11.8. The second-order valence-electron chi connectivity index (χ2n) is 11.8. The van der Waals surface area contributed by atoms with Crippen LogP contribution in [0, 0.1) is 0 Å². The molecule has 0 bridgehead atoms. The molecule has 44 heavy (non-hydrogen) atoms. The number of ether oxygens (including phenoxy) is 1. The van der Waals surface area contributed by atoms with Gasteiger partial charge in [-0.1, -0.05) is 57.2 Å². The number of hydrogen-bond donors (Lipinski definition) is 1. The number of aromatic nitrogens is 6. The molecule has 8 rings (SSSR count). The molecule has 0 atom stereocenters. The van der Waals surface area contributed by atoms with Crippen molar-refractivity contribution in [3.8, 4) is 29.0 Å². The quantitative estimate of drug-likeness (QED) is 0.227. The fourth-order valence-corrected chi connectivity index (χ4v) is 5.87. The van der Waals surface area contributed by atoms with E-state index in [1.54, 1.807) is 18.5 Å². The summed E-state index contributed by atoms with van der Waals surface area (Å²) in [5.74, 6) is 1.59. The third-order valence-corrected chi connectivity index (χ3v) is 7.99. The Kier molecular flexibility index (Phi) is 5.68. The van der Waals surface area contributed by atoms with Crippen LogP contribution < -0.4 is 4.74 Å². The van der Waals surface area contributed by atoms with E-state index in [9.17, 15) is 5.11 Å². The van der Waals surface area contributed by atoms with Crippen molar-refractivity contribution in [2.75, 3.05) is 0 Å². The van der Waals surface area contributed by atoms with Crippen molar-refractivity contribution in [3.05, 3.63) is 115 Å². The van der Waals surface area contributed by atoms with Gasteiger partial charge < -0.3 is 9.84 Å². The number of para-hydroxylation sites is 2. The Bertz CT molecular complexity index is 2310. The Balaban J connectivity index is 1.31. The van der Waals surface area contributed by atoms with E-state index in [0.29, 0.717) is 34.1 Å². The van der Waals surface area contributed by atoms with Crippen molar-refractivity contribution in [2.24, 2.45) is 0 Å². The molecule has 214 valence electrons. The van der Waals surface area contributed by atoms with E-state index in [4.69, 9.17) is 19.7 Å². The molecule has 0 fully saturated rings. The lowest BCUT2D eigenvalue weighted by Gasteiger charge is -2.21. The predicted octanol–water partition coefficient (Wildman–Crippen LogP) is 8.26. The number of pyridine rings is 4. The lowest BCUT2D eigenvalue weighted by molar-refractivity contribution is 0.442. The molecule has 0 saturated carbocycles. The van der Waals surface area contributed by atoms with Crippen molar-refractivity contribution < 1.29 is 9.84 Å². The highest BCUT2D eigenvalue weighted by Gasteiger charge is 2.22. The summed E-state index contributed by atoms with van der Waals surface area (Å²) in [5, 5.41) is 13.6. The van der Waals surface area contributed by atoms with Gasteiger partial charge in [-0.3, -0.25) is 9.13 Å². The van der Waals surface area contributed by atoms with Crippen LogP contribution in [0.25, 0.3) is 55.5 Å². The third-order valence-electron chi connectivity index (χ3n) is 7.99. The van der Waals surface area contributed by atoms with E-state index in [2.05, 4.69) is 54.6 Å². The molecule has 0 aliphatic heterocycles. The Hall–Kier alpha value is -5.76. The summed E-state index contributed by atoms with van der Waals surface area (Å²) in [6.07, 6.45) is 3.40. The average Bonchev–Trinajstić information content (AvgIpc) is 3.54. The summed E-state index contributed by atoms with van der Waals surface area (Å²) in [7, 11) is 0. The third kappa shape index (κ3) is 4.06. The molecular formula is C36H28N6O2. The molecule has 0 aliphatic rings. The first-order chi connectivity index (χ1) is 21.4. The Morgan fingerprint density at radius 1 is 0.659 bits per heavy atom. The Morgan fingerprint density at radius 3 is 2.27 bits per heavy atom. The molecule has 0 spiro atoms. The lowest BCUT2D eigenvalue weighted by Crippen LogP contribution is -2.13. The van der Waals surface area contributed by atoms with Gasteiger partial charge in [0.15, 0.2) is 5.65 Å². The first kappa shape index (κ1) is 25.9. The van der Waals surface area contributed by atoms with Crippen LogP contribution in [0.4, 0.5) is 0 Å². The summed E-state index contributed by atoms with van der Waals surface area (Å²) in [6.45, 7) is 6.50. The van der Waals surface area contributed by atoms with Crippen LogP contribution in [0.15, 0.2) is 109 Å². The van der Waals surface area contributed by atoms with Crippen LogP contribution in [-0.4, -0.2) is 34.2 Å². The zero-order valence-corrected chi connectivity index (χ0v) is 24.4. The van der Waals surface area contributed by atoms with Gasteiger partial charge in [-0.05, 0) is 59.5 Å². The topological polar surface area (TPSA) is 90.9 Å². The summed E-state index contributed by atoms with van der Waals surface area (Å²) in [4.78, 5) is 19.2. The van der Waals surface area contributed by atoms with E-state index in [1.807, 2.05) is 71.3 Å². The van der Waals surface area contributed by atoms with Gasteiger partial charge in [0.25, 0.3) is 0 Å². The summed E-state index contributed by atoms with van der Waals surface area (Å²) >= 11 is 0. The minimum absolute atomic E-state index is 0.105. The van der Waals surface area contributed by atoms with Gasteiger partial charge in [-0.15, -0.1) is 0 Å². The molecule has 0 saturated heterocycles. The zero-order chi connectivity index (χ0) is 30.0. The fourth-order valence-electron chi connectivity index (χ4n) is 5.87. The van der Waals surface area contributed by atoms with E-state index in [1.165, 1.54) is 0 Å². The molecule has 0 amide bonds.